The molecule has 0 radical (unpaired) electrons. The average Bonchev–Trinajstić information content (AvgIpc) is 2.83. The Balaban J connectivity index is 1.59. The van der Waals surface area contributed by atoms with Crippen molar-refractivity contribution in [1.82, 2.24) is 5.32 Å². The van der Waals surface area contributed by atoms with Gasteiger partial charge in [-0.1, -0.05) is 29.8 Å². The van der Waals surface area contributed by atoms with Gasteiger partial charge in [0.05, 0.1) is 21.2 Å². The second-order valence-corrected chi connectivity index (χ2v) is 9.69. The van der Waals surface area contributed by atoms with Crippen LogP contribution in [0.2, 0.25) is 5.02 Å². The second-order valence-electron chi connectivity index (χ2n) is 7.58. The summed E-state index contributed by atoms with van der Waals surface area (Å²) in [6, 6.07) is 16.4. The van der Waals surface area contributed by atoms with Crippen molar-refractivity contribution in [2.45, 2.75) is 13.5 Å². The summed E-state index contributed by atoms with van der Waals surface area (Å²) in [6.07, 6.45) is 1.42. The monoisotopic (exact) mass is 632 g/mol. The van der Waals surface area contributed by atoms with Gasteiger partial charge in [0, 0.05) is 10.6 Å². The number of urea groups is 1. The van der Waals surface area contributed by atoms with Crippen molar-refractivity contribution in [2.75, 3.05) is 11.5 Å². The van der Waals surface area contributed by atoms with E-state index in [0.717, 1.165) is 10.5 Å². The number of rotatable bonds is 7. The summed E-state index contributed by atoms with van der Waals surface area (Å²) in [4.78, 5) is 39.1. The van der Waals surface area contributed by atoms with Gasteiger partial charge in [-0.15, -0.1) is 0 Å². The Hall–Kier alpha value is -3.14. The smallest absolute Gasteiger partial charge is 0.335 e. The fourth-order valence-corrected chi connectivity index (χ4v) is 5.12. The van der Waals surface area contributed by atoms with Crippen LogP contribution < -0.4 is 19.7 Å². The van der Waals surface area contributed by atoms with Crippen molar-refractivity contribution >= 4 is 73.1 Å². The summed E-state index contributed by atoms with van der Waals surface area (Å²) in [6.45, 7) is 2.59. The maximum Gasteiger partial charge on any atom is 0.335 e. The van der Waals surface area contributed by atoms with Gasteiger partial charge in [0.15, 0.2) is 0 Å². The minimum Gasteiger partial charge on any atom is -0.494 e. The highest BCUT2D eigenvalue weighted by atomic mass is 79.9. The Labute approximate surface area is 229 Å². The number of amides is 4. The minimum atomic E-state index is -0.822. The van der Waals surface area contributed by atoms with Crippen LogP contribution in [0.1, 0.15) is 18.1 Å². The molecule has 0 unspecified atom stereocenters. The van der Waals surface area contributed by atoms with Gasteiger partial charge in [-0.2, -0.15) is 0 Å². The second kappa shape index (κ2) is 11.3. The normalized spacial score (nSPS) is 14.7. The summed E-state index contributed by atoms with van der Waals surface area (Å²) >= 11 is 13.2. The van der Waals surface area contributed by atoms with Gasteiger partial charge in [0.25, 0.3) is 11.8 Å². The molecule has 184 valence electrons. The first-order valence-electron chi connectivity index (χ1n) is 10.8. The summed E-state index contributed by atoms with van der Waals surface area (Å²) in [5.41, 5.74) is 1.49. The summed E-state index contributed by atoms with van der Waals surface area (Å²) in [7, 11) is 0. The van der Waals surface area contributed by atoms with Crippen LogP contribution in [0.3, 0.4) is 0 Å². The average molecular weight is 635 g/mol. The van der Waals surface area contributed by atoms with Gasteiger partial charge in [-0.05, 0) is 92.9 Å². The van der Waals surface area contributed by atoms with E-state index in [4.69, 9.17) is 21.1 Å². The van der Waals surface area contributed by atoms with Crippen molar-refractivity contribution < 1.29 is 23.9 Å². The minimum absolute atomic E-state index is 0.188. The molecule has 0 saturated carbocycles. The van der Waals surface area contributed by atoms with Crippen molar-refractivity contribution in [3.8, 4) is 11.5 Å². The van der Waals surface area contributed by atoms with Crippen LogP contribution in [0.5, 0.6) is 11.5 Å². The Morgan fingerprint density at radius 2 is 1.64 bits per heavy atom. The molecule has 1 heterocycles. The molecule has 1 saturated heterocycles. The van der Waals surface area contributed by atoms with E-state index in [1.165, 1.54) is 6.08 Å². The van der Waals surface area contributed by atoms with Crippen LogP contribution >= 0.6 is 43.5 Å². The third kappa shape index (κ3) is 5.64. The number of benzene rings is 3. The van der Waals surface area contributed by atoms with Gasteiger partial charge in [-0.3, -0.25) is 14.9 Å². The summed E-state index contributed by atoms with van der Waals surface area (Å²) in [5, 5.41) is 2.82. The van der Waals surface area contributed by atoms with Gasteiger partial charge < -0.3 is 9.47 Å². The van der Waals surface area contributed by atoms with Crippen molar-refractivity contribution in [1.29, 1.82) is 0 Å². The molecular formula is C26H19Br2ClN2O5. The third-order valence-electron chi connectivity index (χ3n) is 5.17. The lowest BCUT2D eigenvalue weighted by Crippen LogP contribution is -2.54. The number of nitrogens with one attached hydrogen (secondary N) is 1. The van der Waals surface area contributed by atoms with Gasteiger partial charge in [-0.25, -0.2) is 9.69 Å². The van der Waals surface area contributed by atoms with Crippen LogP contribution in [-0.4, -0.2) is 24.5 Å². The Morgan fingerprint density at radius 1 is 0.972 bits per heavy atom. The molecule has 10 heteroatoms. The first-order valence-corrected chi connectivity index (χ1v) is 12.7. The summed E-state index contributed by atoms with van der Waals surface area (Å²) in [5.74, 6) is -0.384. The zero-order valence-corrected chi connectivity index (χ0v) is 22.8. The molecule has 36 heavy (non-hydrogen) atoms. The SMILES string of the molecule is CCOc1ccc(N2C(=O)NC(=O)/C(=C\c3cc(Br)c(OCc4ccccc4Cl)c(Br)c3)C2=O)cc1. The maximum atomic E-state index is 13.2. The Kier molecular flexibility index (Phi) is 8.13. The molecule has 0 aliphatic carbocycles. The van der Waals surface area contributed by atoms with Crippen molar-refractivity contribution in [3.05, 3.63) is 91.3 Å². The largest absolute Gasteiger partial charge is 0.494 e. The first-order chi connectivity index (χ1) is 17.3. The van der Waals surface area contributed by atoms with E-state index in [2.05, 4.69) is 37.2 Å². The molecule has 0 atom stereocenters. The number of ether oxygens (including phenoxy) is 2. The van der Waals surface area contributed by atoms with E-state index in [1.54, 1.807) is 42.5 Å². The van der Waals surface area contributed by atoms with Gasteiger partial charge in [0.2, 0.25) is 0 Å². The van der Waals surface area contributed by atoms with Crippen LogP contribution in [0, 0.1) is 0 Å². The molecule has 4 rings (SSSR count). The van der Waals surface area contributed by atoms with E-state index in [-0.39, 0.29) is 12.2 Å². The molecule has 3 aromatic rings. The number of barbiturate groups is 1. The van der Waals surface area contributed by atoms with Gasteiger partial charge >= 0.3 is 6.03 Å². The molecule has 4 amide bonds. The molecule has 0 spiro atoms. The Bertz CT molecular complexity index is 1350. The maximum absolute atomic E-state index is 13.2. The van der Waals surface area contributed by atoms with Crippen LogP contribution in [0.4, 0.5) is 10.5 Å². The van der Waals surface area contributed by atoms with Crippen LogP contribution in [-0.2, 0) is 16.2 Å². The molecule has 1 aliphatic rings. The fraction of sp³-hybridized carbons (Fsp3) is 0.115. The highest BCUT2D eigenvalue weighted by Gasteiger charge is 2.36. The molecule has 1 N–H and O–H groups in total. The number of carbonyl (C=O) groups is 3. The number of imide groups is 2. The molecule has 1 aliphatic heterocycles. The zero-order valence-electron chi connectivity index (χ0n) is 18.9. The molecule has 0 bridgehead atoms. The number of hydrogen-bond acceptors (Lipinski definition) is 5. The summed E-state index contributed by atoms with van der Waals surface area (Å²) < 4.78 is 12.5. The standard InChI is InChI=1S/C26H19Br2ClN2O5/c1-2-35-18-9-7-17(8-10-18)31-25(33)19(24(32)30-26(31)34)11-15-12-20(27)23(21(28)13-15)36-14-16-5-3-4-6-22(16)29/h3-13H,2,14H2,1H3,(H,30,32,34)/b19-11+. The van der Waals surface area contributed by atoms with Crippen molar-refractivity contribution in [2.24, 2.45) is 0 Å². The number of halogens is 3. The van der Waals surface area contributed by atoms with E-state index in [1.807, 2.05) is 25.1 Å². The first kappa shape index (κ1) is 25.9. The lowest BCUT2D eigenvalue weighted by Gasteiger charge is -2.26. The predicted octanol–water partition coefficient (Wildman–Crippen LogP) is 6.51. The zero-order chi connectivity index (χ0) is 25.8. The topological polar surface area (TPSA) is 84.9 Å². The number of hydrogen-bond donors (Lipinski definition) is 1. The van der Waals surface area contributed by atoms with E-state index in [0.29, 0.717) is 43.3 Å². The fourth-order valence-electron chi connectivity index (χ4n) is 3.48. The van der Waals surface area contributed by atoms with Gasteiger partial charge in [0.1, 0.15) is 23.7 Å². The van der Waals surface area contributed by atoms with E-state index in [9.17, 15) is 14.4 Å². The molecular weight excluding hydrogens is 616 g/mol. The lowest BCUT2D eigenvalue weighted by molar-refractivity contribution is -0.122. The molecule has 3 aromatic carbocycles. The predicted molar refractivity (Wildman–Crippen MR) is 144 cm³/mol. The van der Waals surface area contributed by atoms with Crippen molar-refractivity contribution in [3.63, 3.8) is 0 Å². The number of carbonyl (C=O) groups excluding carboxylic acids is 3. The molecule has 1 fully saturated rings. The Morgan fingerprint density at radius 3 is 2.28 bits per heavy atom. The van der Waals surface area contributed by atoms with Crippen LogP contribution in [0.15, 0.2) is 75.2 Å². The van der Waals surface area contributed by atoms with E-state index >= 15 is 0 Å². The highest BCUT2D eigenvalue weighted by molar-refractivity contribution is 9.11. The number of anilines is 1. The quantitative estimate of drug-likeness (QED) is 0.237. The third-order valence-corrected chi connectivity index (χ3v) is 6.72. The van der Waals surface area contributed by atoms with E-state index < -0.39 is 17.8 Å². The van der Waals surface area contributed by atoms with Crippen LogP contribution in [0.25, 0.3) is 6.08 Å². The molecule has 7 nitrogen and oxygen atoms in total. The number of nitrogens with zero attached hydrogens (tertiary/aromatic N) is 1. The lowest BCUT2D eigenvalue weighted by atomic mass is 10.1. The molecule has 0 aromatic heterocycles. The highest BCUT2D eigenvalue weighted by Crippen LogP contribution is 2.36.